The summed E-state index contributed by atoms with van der Waals surface area (Å²) in [4.78, 5) is 0. The van der Waals surface area contributed by atoms with Crippen molar-refractivity contribution in [1.82, 2.24) is 5.32 Å². The number of nitrogens with one attached hydrogen (secondary N) is 1. The molecule has 90 valence electrons. The van der Waals surface area contributed by atoms with Crippen molar-refractivity contribution >= 4 is 0 Å². The van der Waals surface area contributed by atoms with Gasteiger partial charge in [0.05, 0.1) is 6.10 Å². The van der Waals surface area contributed by atoms with Crippen LogP contribution in [0.15, 0.2) is 0 Å². The van der Waals surface area contributed by atoms with Crippen molar-refractivity contribution in [2.75, 3.05) is 13.2 Å². The lowest BCUT2D eigenvalue weighted by Crippen LogP contribution is -2.37. The standard InChI is InChI=1S/C13H27NO/c1-4-7-11(3)10-15-13-9-6-8-12(13)14-5-2/h11-14H,4-10H2,1-3H3. The average Bonchev–Trinajstić information content (AvgIpc) is 2.64. The summed E-state index contributed by atoms with van der Waals surface area (Å²) in [7, 11) is 0. The molecule has 0 radical (unpaired) electrons. The monoisotopic (exact) mass is 213 g/mol. The smallest absolute Gasteiger partial charge is 0.0728 e. The Balaban J connectivity index is 2.19. The summed E-state index contributed by atoms with van der Waals surface area (Å²) < 4.78 is 6.02. The molecule has 0 aromatic rings. The van der Waals surface area contributed by atoms with E-state index < -0.39 is 0 Å². The maximum Gasteiger partial charge on any atom is 0.0728 e. The van der Waals surface area contributed by atoms with Crippen molar-refractivity contribution in [3.8, 4) is 0 Å². The van der Waals surface area contributed by atoms with E-state index in [0.717, 1.165) is 19.1 Å². The van der Waals surface area contributed by atoms with Crippen molar-refractivity contribution in [3.05, 3.63) is 0 Å². The summed E-state index contributed by atoms with van der Waals surface area (Å²) in [6, 6.07) is 0.615. The molecule has 0 aromatic heterocycles. The summed E-state index contributed by atoms with van der Waals surface area (Å²) >= 11 is 0. The highest BCUT2D eigenvalue weighted by Crippen LogP contribution is 2.23. The van der Waals surface area contributed by atoms with Gasteiger partial charge in [0.15, 0.2) is 0 Å². The Morgan fingerprint density at radius 1 is 1.33 bits per heavy atom. The molecule has 3 atom stereocenters. The number of rotatable bonds is 7. The zero-order valence-corrected chi connectivity index (χ0v) is 10.6. The van der Waals surface area contributed by atoms with Crippen LogP contribution in [0, 0.1) is 5.92 Å². The molecule has 0 aliphatic heterocycles. The molecule has 0 aromatic carbocycles. The van der Waals surface area contributed by atoms with E-state index in [1.54, 1.807) is 0 Å². The van der Waals surface area contributed by atoms with Crippen molar-refractivity contribution in [1.29, 1.82) is 0 Å². The molecule has 1 fully saturated rings. The minimum atomic E-state index is 0.476. The summed E-state index contributed by atoms with van der Waals surface area (Å²) in [6.07, 6.45) is 6.90. The van der Waals surface area contributed by atoms with Gasteiger partial charge in [0.1, 0.15) is 0 Å². The Bertz CT molecular complexity index is 161. The highest BCUT2D eigenvalue weighted by atomic mass is 16.5. The molecule has 3 unspecified atom stereocenters. The first-order valence-electron chi connectivity index (χ1n) is 6.62. The highest BCUT2D eigenvalue weighted by Gasteiger charge is 2.27. The maximum atomic E-state index is 6.02. The van der Waals surface area contributed by atoms with Gasteiger partial charge in [-0.1, -0.05) is 27.2 Å². The molecule has 1 aliphatic carbocycles. The van der Waals surface area contributed by atoms with Gasteiger partial charge >= 0.3 is 0 Å². The van der Waals surface area contributed by atoms with Crippen molar-refractivity contribution in [3.63, 3.8) is 0 Å². The second kappa shape index (κ2) is 7.24. The number of hydrogen-bond acceptors (Lipinski definition) is 2. The van der Waals surface area contributed by atoms with E-state index in [-0.39, 0.29) is 0 Å². The lowest BCUT2D eigenvalue weighted by molar-refractivity contribution is 0.0198. The Morgan fingerprint density at radius 3 is 2.80 bits per heavy atom. The van der Waals surface area contributed by atoms with Crippen molar-refractivity contribution < 1.29 is 4.74 Å². The second-order valence-electron chi connectivity index (χ2n) is 4.86. The van der Waals surface area contributed by atoms with Gasteiger partial charge in [0, 0.05) is 12.6 Å². The molecule has 0 spiro atoms. The summed E-state index contributed by atoms with van der Waals surface area (Å²) in [6.45, 7) is 8.72. The van der Waals surface area contributed by atoms with Crippen LogP contribution in [0.2, 0.25) is 0 Å². The average molecular weight is 213 g/mol. The molecule has 0 amide bonds. The fourth-order valence-corrected chi connectivity index (χ4v) is 2.49. The van der Waals surface area contributed by atoms with E-state index in [1.165, 1.54) is 32.1 Å². The van der Waals surface area contributed by atoms with Gasteiger partial charge in [-0.2, -0.15) is 0 Å². The SMILES string of the molecule is CCCC(C)COC1CCCC1NCC. The Kier molecular flexibility index (Phi) is 6.26. The summed E-state index contributed by atoms with van der Waals surface area (Å²) in [5, 5.41) is 3.53. The fourth-order valence-electron chi connectivity index (χ4n) is 2.49. The number of hydrogen-bond donors (Lipinski definition) is 1. The zero-order valence-electron chi connectivity index (χ0n) is 10.6. The van der Waals surface area contributed by atoms with Crippen LogP contribution < -0.4 is 5.32 Å². The minimum Gasteiger partial charge on any atom is -0.376 e. The third-order valence-electron chi connectivity index (χ3n) is 3.30. The van der Waals surface area contributed by atoms with Crippen molar-refractivity contribution in [2.24, 2.45) is 5.92 Å². The van der Waals surface area contributed by atoms with E-state index in [2.05, 4.69) is 26.1 Å². The van der Waals surface area contributed by atoms with Gasteiger partial charge in [-0.15, -0.1) is 0 Å². The molecule has 0 bridgehead atoms. The van der Waals surface area contributed by atoms with Crippen LogP contribution in [0.5, 0.6) is 0 Å². The topological polar surface area (TPSA) is 21.3 Å². The number of ether oxygens (including phenoxy) is 1. The van der Waals surface area contributed by atoms with Gasteiger partial charge in [-0.3, -0.25) is 0 Å². The predicted octanol–water partition coefficient (Wildman–Crippen LogP) is 2.97. The van der Waals surface area contributed by atoms with Gasteiger partial charge in [-0.05, 0) is 38.1 Å². The lowest BCUT2D eigenvalue weighted by Gasteiger charge is -2.22. The van der Waals surface area contributed by atoms with Crippen LogP contribution in [0.25, 0.3) is 0 Å². The largest absolute Gasteiger partial charge is 0.376 e. The first kappa shape index (κ1) is 13.0. The Labute approximate surface area is 94.8 Å². The molecule has 1 rings (SSSR count). The van der Waals surface area contributed by atoms with Crippen LogP contribution in [0.4, 0.5) is 0 Å². The quantitative estimate of drug-likeness (QED) is 0.702. The van der Waals surface area contributed by atoms with Gasteiger partial charge in [0.25, 0.3) is 0 Å². The van der Waals surface area contributed by atoms with E-state index in [1.807, 2.05) is 0 Å². The normalized spacial score (nSPS) is 28.2. The Hall–Kier alpha value is -0.0800. The van der Waals surface area contributed by atoms with E-state index in [4.69, 9.17) is 4.74 Å². The third-order valence-corrected chi connectivity index (χ3v) is 3.30. The molecule has 2 heteroatoms. The fraction of sp³-hybridized carbons (Fsp3) is 1.00. The van der Waals surface area contributed by atoms with Gasteiger partial charge in [0.2, 0.25) is 0 Å². The first-order valence-corrected chi connectivity index (χ1v) is 6.62. The Morgan fingerprint density at radius 2 is 2.13 bits per heavy atom. The van der Waals surface area contributed by atoms with E-state index in [9.17, 15) is 0 Å². The molecule has 0 saturated heterocycles. The van der Waals surface area contributed by atoms with Crippen LogP contribution in [0.1, 0.15) is 52.9 Å². The molecule has 1 N–H and O–H groups in total. The molecular weight excluding hydrogens is 186 g/mol. The maximum absolute atomic E-state index is 6.02. The van der Waals surface area contributed by atoms with E-state index in [0.29, 0.717) is 12.1 Å². The predicted molar refractivity (Wildman–Crippen MR) is 65.1 cm³/mol. The van der Waals surface area contributed by atoms with Crippen molar-refractivity contribution in [2.45, 2.75) is 65.0 Å². The van der Waals surface area contributed by atoms with E-state index >= 15 is 0 Å². The molecule has 1 aliphatic rings. The van der Waals surface area contributed by atoms with Crippen LogP contribution in [0.3, 0.4) is 0 Å². The first-order chi connectivity index (χ1) is 7.27. The van der Waals surface area contributed by atoms with Gasteiger partial charge < -0.3 is 10.1 Å². The molecular formula is C13H27NO. The molecule has 15 heavy (non-hydrogen) atoms. The molecule has 1 saturated carbocycles. The highest BCUT2D eigenvalue weighted by molar-refractivity contribution is 4.83. The summed E-state index contributed by atoms with van der Waals surface area (Å²) in [5.74, 6) is 0.720. The zero-order chi connectivity index (χ0) is 11.1. The van der Waals surface area contributed by atoms with Crippen LogP contribution in [-0.4, -0.2) is 25.3 Å². The third kappa shape index (κ3) is 4.52. The summed E-state index contributed by atoms with van der Waals surface area (Å²) in [5.41, 5.74) is 0. The lowest BCUT2D eigenvalue weighted by atomic mass is 10.1. The van der Waals surface area contributed by atoms with Crippen LogP contribution in [-0.2, 0) is 4.74 Å². The number of likely N-dealkylation sites (N-methyl/N-ethyl adjacent to an activating group) is 1. The molecule has 2 nitrogen and oxygen atoms in total. The van der Waals surface area contributed by atoms with Gasteiger partial charge in [-0.25, -0.2) is 0 Å². The van der Waals surface area contributed by atoms with Crippen LogP contribution >= 0.6 is 0 Å². The minimum absolute atomic E-state index is 0.476. The second-order valence-corrected chi connectivity index (χ2v) is 4.86. The molecule has 0 heterocycles.